The van der Waals surface area contributed by atoms with Crippen molar-refractivity contribution in [2.75, 3.05) is 39.0 Å². The van der Waals surface area contributed by atoms with E-state index in [1.807, 2.05) is 28.5 Å². The molecule has 1 aliphatic rings. The Bertz CT molecular complexity index is 1150. The first-order valence-electron chi connectivity index (χ1n) is 11.3. The van der Waals surface area contributed by atoms with Crippen molar-refractivity contribution in [3.8, 4) is 17.1 Å². The van der Waals surface area contributed by atoms with Crippen LogP contribution in [0.3, 0.4) is 0 Å². The molecule has 34 heavy (non-hydrogen) atoms. The van der Waals surface area contributed by atoms with Crippen LogP contribution in [0.1, 0.15) is 22.8 Å². The summed E-state index contributed by atoms with van der Waals surface area (Å²) >= 11 is 1.41. The van der Waals surface area contributed by atoms with Gasteiger partial charge < -0.3 is 19.1 Å². The zero-order chi connectivity index (χ0) is 24.1. The first-order chi connectivity index (χ1) is 16.5. The predicted molar refractivity (Wildman–Crippen MR) is 132 cm³/mol. The largest absolute Gasteiger partial charge is 0.497 e. The molecule has 0 spiro atoms. The third kappa shape index (κ3) is 5.25. The number of hydrogen-bond donors (Lipinski definition) is 0. The molecule has 1 aromatic heterocycles. The van der Waals surface area contributed by atoms with Crippen molar-refractivity contribution in [1.29, 1.82) is 0 Å². The number of nitrogens with zero attached hydrogens (tertiary/aromatic N) is 5. The van der Waals surface area contributed by atoms with Crippen molar-refractivity contribution < 1.29 is 14.3 Å². The fourth-order valence-electron chi connectivity index (χ4n) is 3.97. The Hall–Kier alpha value is -3.33. The first kappa shape index (κ1) is 23.8. The van der Waals surface area contributed by atoms with Crippen LogP contribution in [-0.2, 0) is 11.3 Å². The fraction of sp³-hybridized carbons (Fsp3) is 0.360. The van der Waals surface area contributed by atoms with E-state index in [1.54, 1.807) is 36.3 Å². The van der Waals surface area contributed by atoms with E-state index in [0.717, 1.165) is 34.4 Å². The molecule has 0 unspecified atom stereocenters. The highest BCUT2D eigenvalue weighted by molar-refractivity contribution is 7.99. The maximum Gasteiger partial charge on any atom is 0.253 e. The average Bonchev–Trinajstić information content (AvgIpc) is 3.30. The van der Waals surface area contributed by atoms with E-state index in [4.69, 9.17) is 4.74 Å². The van der Waals surface area contributed by atoms with Gasteiger partial charge in [0.1, 0.15) is 5.75 Å². The third-order valence-electron chi connectivity index (χ3n) is 5.89. The van der Waals surface area contributed by atoms with E-state index in [1.165, 1.54) is 11.8 Å². The van der Waals surface area contributed by atoms with Crippen molar-refractivity contribution in [3.05, 3.63) is 59.7 Å². The quantitative estimate of drug-likeness (QED) is 0.484. The lowest BCUT2D eigenvalue weighted by Crippen LogP contribution is -2.51. The van der Waals surface area contributed by atoms with Gasteiger partial charge in [0, 0.05) is 43.9 Å². The summed E-state index contributed by atoms with van der Waals surface area (Å²) in [5.41, 5.74) is 2.81. The van der Waals surface area contributed by atoms with Crippen molar-refractivity contribution >= 4 is 23.6 Å². The zero-order valence-electron chi connectivity index (χ0n) is 19.7. The minimum absolute atomic E-state index is 0.0242. The molecule has 8 nitrogen and oxygen atoms in total. The van der Waals surface area contributed by atoms with Gasteiger partial charge in [-0.2, -0.15) is 0 Å². The molecule has 2 heterocycles. The normalized spacial score (nSPS) is 13.7. The highest BCUT2D eigenvalue weighted by Gasteiger charge is 2.25. The zero-order valence-corrected chi connectivity index (χ0v) is 20.5. The summed E-state index contributed by atoms with van der Waals surface area (Å²) in [5.74, 6) is 1.84. The highest BCUT2D eigenvalue weighted by Crippen LogP contribution is 2.25. The van der Waals surface area contributed by atoms with Crippen LogP contribution in [0.4, 0.5) is 0 Å². The molecule has 4 rings (SSSR count). The van der Waals surface area contributed by atoms with E-state index >= 15 is 0 Å². The van der Waals surface area contributed by atoms with Gasteiger partial charge in [0.15, 0.2) is 11.0 Å². The minimum Gasteiger partial charge on any atom is -0.497 e. The summed E-state index contributed by atoms with van der Waals surface area (Å²) in [6, 6.07) is 15.3. The predicted octanol–water partition coefficient (Wildman–Crippen LogP) is 3.36. The number of aromatic nitrogens is 3. The Kier molecular flexibility index (Phi) is 7.52. The highest BCUT2D eigenvalue weighted by atomic mass is 32.2. The van der Waals surface area contributed by atoms with Gasteiger partial charge >= 0.3 is 0 Å². The third-order valence-corrected chi connectivity index (χ3v) is 6.84. The maximum atomic E-state index is 12.8. The second-order valence-electron chi connectivity index (χ2n) is 8.11. The van der Waals surface area contributed by atoms with Gasteiger partial charge in [-0.15, -0.1) is 10.2 Å². The lowest BCUT2D eigenvalue weighted by molar-refractivity contribution is -0.129. The summed E-state index contributed by atoms with van der Waals surface area (Å²) in [4.78, 5) is 29.2. The van der Waals surface area contributed by atoms with Gasteiger partial charge in [0.25, 0.3) is 5.91 Å². The Morgan fingerprint density at radius 3 is 2.35 bits per heavy atom. The molecule has 2 amide bonds. The number of amides is 2. The van der Waals surface area contributed by atoms with E-state index < -0.39 is 0 Å². The monoisotopic (exact) mass is 479 g/mol. The smallest absolute Gasteiger partial charge is 0.253 e. The van der Waals surface area contributed by atoms with Crippen molar-refractivity contribution in [1.82, 2.24) is 24.6 Å². The van der Waals surface area contributed by atoms with Gasteiger partial charge in [-0.05, 0) is 44.2 Å². The fourth-order valence-corrected chi connectivity index (χ4v) is 4.88. The number of benzene rings is 2. The van der Waals surface area contributed by atoms with Crippen LogP contribution in [0.15, 0.2) is 53.7 Å². The molecule has 2 aromatic carbocycles. The van der Waals surface area contributed by atoms with Gasteiger partial charge in [-0.3, -0.25) is 9.59 Å². The molecule has 1 fully saturated rings. The molecule has 178 valence electrons. The molecule has 0 bridgehead atoms. The van der Waals surface area contributed by atoms with Gasteiger partial charge in [-0.25, -0.2) is 0 Å². The molecule has 0 saturated carbocycles. The molecule has 3 aromatic rings. The summed E-state index contributed by atoms with van der Waals surface area (Å²) in [6.07, 6.45) is 0. The number of rotatable bonds is 7. The molecule has 0 atom stereocenters. The van der Waals surface area contributed by atoms with E-state index in [0.29, 0.717) is 37.5 Å². The molecule has 0 N–H and O–H groups in total. The van der Waals surface area contributed by atoms with Crippen LogP contribution in [-0.4, -0.2) is 75.4 Å². The second-order valence-corrected chi connectivity index (χ2v) is 9.05. The van der Waals surface area contributed by atoms with Crippen LogP contribution in [0.2, 0.25) is 0 Å². The molecular weight excluding hydrogens is 450 g/mol. The van der Waals surface area contributed by atoms with Crippen LogP contribution in [0, 0.1) is 6.92 Å². The second kappa shape index (κ2) is 10.7. The SMILES string of the molecule is CCn1c(SCC(=O)N2CCN(C(=O)c3ccc(OC)cc3)CC2)nnc1-c1cccc(C)c1. The van der Waals surface area contributed by atoms with Crippen molar-refractivity contribution in [2.24, 2.45) is 0 Å². The van der Waals surface area contributed by atoms with Crippen LogP contribution in [0.5, 0.6) is 5.75 Å². The molecule has 0 aliphatic carbocycles. The minimum atomic E-state index is -0.0242. The summed E-state index contributed by atoms with van der Waals surface area (Å²) < 4.78 is 7.19. The maximum absolute atomic E-state index is 12.8. The van der Waals surface area contributed by atoms with E-state index in [2.05, 4.69) is 29.3 Å². The standard InChI is InChI=1S/C25H29N5O3S/c1-4-30-23(20-7-5-6-18(2)16-20)26-27-25(30)34-17-22(31)28-12-14-29(15-13-28)24(32)19-8-10-21(33-3)11-9-19/h5-11,16H,4,12-15,17H2,1-3H3. The Morgan fingerprint density at radius 1 is 1.00 bits per heavy atom. The molecule has 1 saturated heterocycles. The topological polar surface area (TPSA) is 80.6 Å². The Labute approximate surface area is 203 Å². The molecular formula is C25H29N5O3S. The Morgan fingerprint density at radius 2 is 1.71 bits per heavy atom. The van der Waals surface area contributed by atoms with Gasteiger partial charge in [-0.1, -0.05) is 35.5 Å². The van der Waals surface area contributed by atoms with Crippen LogP contribution >= 0.6 is 11.8 Å². The number of ether oxygens (including phenoxy) is 1. The summed E-state index contributed by atoms with van der Waals surface area (Å²) in [6.45, 7) is 6.90. The van der Waals surface area contributed by atoms with Gasteiger partial charge in [0.05, 0.1) is 12.9 Å². The summed E-state index contributed by atoms with van der Waals surface area (Å²) in [7, 11) is 1.60. The number of hydrogen-bond acceptors (Lipinski definition) is 6. The summed E-state index contributed by atoms with van der Waals surface area (Å²) in [5, 5.41) is 9.44. The number of carbonyl (C=O) groups excluding carboxylic acids is 2. The van der Waals surface area contributed by atoms with E-state index in [-0.39, 0.29) is 11.8 Å². The number of aryl methyl sites for hydroxylation is 1. The lowest BCUT2D eigenvalue weighted by atomic mass is 10.1. The van der Waals surface area contributed by atoms with Crippen LogP contribution in [0.25, 0.3) is 11.4 Å². The van der Waals surface area contributed by atoms with Crippen LogP contribution < -0.4 is 4.74 Å². The molecule has 9 heteroatoms. The number of thioether (sulfide) groups is 1. The van der Waals surface area contributed by atoms with E-state index in [9.17, 15) is 9.59 Å². The molecule has 0 radical (unpaired) electrons. The molecule has 1 aliphatic heterocycles. The number of carbonyl (C=O) groups is 2. The number of methoxy groups -OCH3 is 1. The van der Waals surface area contributed by atoms with Crippen molar-refractivity contribution in [2.45, 2.75) is 25.5 Å². The van der Waals surface area contributed by atoms with Gasteiger partial charge in [0.2, 0.25) is 5.91 Å². The van der Waals surface area contributed by atoms with Crippen molar-refractivity contribution in [3.63, 3.8) is 0 Å². The Balaban J connectivity index is 1.32. The average molecular weight is 480 g/mol. The first-order valence-corrected chi connectivity index (χ1v) is 12.3. The number of piperazine rings is 1. The lowest BCUT2D eigenvalue weighted by Gasteiger charge is -2.34.